The first-order chi connectivity index (χ1) is 5.24. The van der Waals surface area contributed by atoms with E-state index < -0.39 is 5.97 Å². The van der Waals surface area contributed by atoms with Gasteiger partial charge in [0.1, 0.15) is 5.01 Å². The minimum Gasteiger partial charge on any atom is -0.476 e. The van der Waals surface area contributed by atoms with Crippen LogP contribution in [0.25, 0.3) is 0 Å². The molecule has 0 aliphatic heterocycles. The number of methoxy groups -OCH3 is 1. The number of aromatic nitrogens is 1. The molecule has 4 nitrogen and oxygen atoms in total. The summed E-state index contributed by atoms with van der Waals surface area (Å²) in [5.41, 5.74) is 0.0852. The molecule has 0 aromatic carbocycles. The summed E-state index contributed by atoms with van der Waals surface area (Å²) in [6.07, 6.45) is 0. The van der Waals surface area contributed by atoms with E-state index in [4.69, 9.17) is 9.84 Å². The number of aromatic carboxylic acids is 1. The van der Waals surface area contributed by atoms with Crippen LogP contribution in [0.4, 0.5) is 0 Å². The molecule has 1 N–H and O–H groups in total. The van der Waals surface area contributed by atoms with Gasteiger partial charge in [-0.3, -0.25) is 0 Å². The van der Waals surface area contributed by atoms with Gasteiger partial charge in [-0.1, -0.05) is 0 Å². The number of thiazole rings is 1. The number of rotatable bonds is 3. The Balaban J connectivity index is 2.73. The second-order valence-corrected chi connectivity index (χ2v) is 2.81. The largest absolute Gasteiger partial charge is 0.476 e. The minimum atomic E-state index is -0.997. The highest BCUT2D eigenvalue weighted by atomic mass is 32.1. The Labute approximate surface area is 67.5 Å². The standard InChI is InChI=1S/C6H7NO3S/c1-10-2-5-7-4(3-11-5)6(8)9/h3H,2H2,1H3,(H,8,9). The molecule has 0 spiro atoms. The monoisotopic (exact) mass is 173 g/mol. The molecule has 0 unspecified atom stereocenters. The molecule has 0 aliphatic rings. The van der Waals surface area contributed by atoms with Crippen molar-refractivity contribution in [2.75, 3.05) is 7.11 Å². The zero-order chi connectivity index (χ0) is 8.27. The minimum absolute atomic E-state index is 0.0852. The van der Waals surface area contributed by atoms with Crippen molar-refractivity contribution >= 4 is 17.3 Å². The maximum atomic E-state index is 10.3. The predicted octanol–water partition coefficient (Wildman–Crippen LogP) is 0.988. The molecule has 0 bridgehead atoms. The number of carboxylic acid groups (broad SMARTS) is 1. The van der Waals surface area contributed by atoms with Gasteiger partial charge in [0.15, 0.2) is 5.69 Å². The van der Waals surface area contributed by atoms with Crippen molar-refractivity contribution < 1.29 is 14.6 Å². The number of hydrogen-bond acceptors (Lipinski definition) is 4. The molecular weight excluding hydrogens is 166 g/mol. The lowest BCUT2D eigenvalue weighted by molar-refractivity contribution is 0.0690. The van der Waals surface area contributed by atoms with Crippen LogP contribution in [0.15, 0.2) is 5.38 Å². The van der Waals surface area contributed by atoms with Crippen molar-refractivity contribution in [1.82, 2.24) is 4.98 Å². The normalized spacial score (nSPS) is 9.91. The summed E-state index contributed by atoms with van der Waals surface area (Å²) in [7, 11) is 1.54. The van der Waals surface area contributed by atoms with Gasteiger partial charge in [-0.05, 0) is 0 Å². The second-order valence-electron chi connectivity index (χ2n) is 1.86. The van der Waals surface area contributed by atoms with Crippen LogP contribution in [-0.2, 0) is 11.3 Å². The van der Waals surface area contributed by atoms with Gasteiger partial charge in [0.2, 0.25) is 0 Å². The number of hydrogen-bond donors (Lipinski definition) is 1. The lowest BCUT2D eigenvalue weighted by Gasteiger charge is -1.89. The van der Waals surface area contributed by atoms with E-state index in [-0.39, 0.29) is 5.69 Å². The van der Waals surface area contributed by atoms with E-state index in [1.165, 1.54) is 16.7 Å². The Morgan fingerprint density at radius 2 is 2.64 bits per heavy atom. The molecule has 1 heterocycles. The molecule has 0 amide bonds. The van der Waals surface area contributed by atoms with Crippen LogP contribution in [-0.4, -0.2) is 23.2 Å². The second kappa shape index (κ2) is 3.45. The van der Waals surface area contributed by atoms with Crippen molar-refractivity contribution in [3.63, 3.8) is 0 Å². The van der Waals surface area contributed by atoms with Crippen molar-refractivity contribution in [2.45, 2.75) is 6.61 Å². The SMILES string of the molecule is COCc1nc(C(=O)O)cs1. The molecule has 5 heteroatoms. The third kappa shape index (κ3) is 1.99. The third-order valence-electron chi connectivity index (χ3n) is 1.04. The molecule has 0 saturated carbocycles. The fourth-order valence-electron chi connectivity index (χ4n) is 0.599. The van der Waals surface area contributed by atoms with Gasteiger partial charge in [-0.2, -0.15) is 0 Å². The van der Waals surface area contributed by atoms with Crippen LogP contribution < -0.4 is 0 Å². The van der Waals surface area contributed by atoms with Gasteiger partial charge in [0.25, 0.3) is 0 Å². The van der Waals surface area contributed by atoms with Crippen LogP contribution in [0.2, 0.25) is 0 Å². The van der Waals surface area contributed by atoms with E-state index in [1.54, 1.807) is 7.11 Å². The molecule has 0 fully saturated rings. The summed E-state index contributed by atoms with van der Waals surface area (Å²) in [4.78, 5) is 14.1. The fourth-order valence-corrected chi connectivity index (χ4v) is 1.34. The third-order valence-corrected chi connectivity index (χ3v) is 1.86. The molecule has 1 rings (SSSR count). The summed E-state index contributed by atoms with van der Waals surface area (Å²) >= 11 is 1.29. The van der Waals surface area contributed by atoms with Gasteiger partial charge in [0, 0.05) is 12.5 Å². The van der Waals surface area contributed by atoms with Crippen LogP contribution in [0.3, 0.4) is 0 Å². The predicted molar refractivity (Wildman–Crippen MR) is 39.8 cm³/mol. The topological polar surface area (TPSA) is 59.4 Å². The van der Waals surface area contributed by atoms with Crippen molar-refractivity contribution in [3.05, 3.63) is 16.1 Å². The zero-order valence-electron chi connectivity index (χ0n) is 5.90. The number of carboxylic acids is 1. The highest BCUT2D eigenvalue weighted by molar-refractivity contribution is 7.09. The Bertz CT molecular complexity index is 258. The molecule has 0 atom stereocenters. The maximum Gasteiger partial charge on any atom is 0.355 e. The summed E-state index contributed by atoms with van der Waals surface area (Å²) in [6, 6.07) is 0. The van der Waals surface area contributed by atoms with Crippen LogP contribution in [0.1, 0.15) is 15.5 Å². The quantitative estimate of drug-likeness (QED) is 0.740. The summed E-state index contributed by atoms with van der Waals surface area (Å²) < 4.78 is 4.78. The lowest BCUT2D eigenvalue weighted by atomic mass is 10.5. The van der Waals surface area contributed by atoms with E-state index in [2.05, 4.69) is 4.98 Å². The molecule has 1 aromatic heterocycles. The molecule has 0 saturated heterocycles. The summed E-state index contributed by atoms with van der Waals surface area (Å²) in [5.74, 6) is -0.997. The van der Waals surface area contributed by atoms with Crippen LogP contribution >= 0.6 is 11.3 Å². The average molecular weight is 173 g/mol. The van der Waals surface area contributed by atoms with Gasteiger partial charge < -0.3 is 9.84 Å². The van der Waals surface area contributed by atoms with Crippen LogP contribution in [0, 0.1) is 0 Å². The highest BCUT2D eigenvalue weighted by Gasteiger charge is 2.07. The van der Waals surface area contributed by atoms with Crippen molar-refractivity contribution in [2.24, 2.45) is 0 Å². The average Bonchev–Trinajstić information content (AvgIpc) is 2.37. The molecular formula is C6H7NO3S. The Hall–Kier alpha value is -0.940. The van der Waals surface area contributed by atoms with Gasteiger partial charge in [0.05, 0.1) is 6.61 Å². The highest BCUT2D eigenvalue weighted by Crippen LogP contribution is 2.09. The fraction of sp³-hybridized carbons (Fsp3) is 0.333. The van der Waals surface area contributed by atoms with E-state index in [1.807, 2.05) is 0 Å². The summed E-state index contributed by atoms with van der Waals surface area (Å²) in [6.45, 7) is 0.373. The van der Waals surface area contributed by atoms with Crippen LogP contribution in [0.5, 0.6) is 0 Å². The van der Waals surface area contributed by atoms with E-state index >= 15 is 0 Å². The smallest absolute Gasteiger partial charge is 0.355 e. The van der Waals surface area contributed by atoms with E-state index in [9.17, 15) is 4.79 Å². The summed E-state index contributed by atoms with van der Waals surface area (Å²) in [5, 5.41) is 10.7. The van der Waals surface area contributed by atoms with Crippen molar-refractivity contribution in [1.29, 1.82) is 0 Å². The molecule has 11 heavy (non-hydrogen) atoms. The first-order valence-corrected chi connectivity index (χ1v) is 3.78. The van der Waals surface area contributed by atoms with E-state index in [0.717, 1.165) is 0 Å². The number of nitrogens with zero attached hydrogens (tertiary/aromatic N) is 1. The van der Waals surface area contributed by atoms with E-state index in [0.29, 0.717) is 11.6 Å². The Morgan fingerprint density at radius 3 is 3.09 bits per heavy atom. The lowest BCUT2D eigenvalue weighted by Crippen LogP contribution is -1.96. The Morgan fingerprint density at radius 1 is 1.91 bits per heavy atom. The van der Waals surface area contributed by atoms with Crippen molar-refractivity contribution in [3.8, 4) is 0 Å². The molecule has 0 aliphatic carbocycles. The molecule has 0 radical (unpaired) electrons. The first kappa shape index (κ1) is 8.16. The zero-order valence-corrected chi connectivity index (χ0v) is 6.72. The number of ether oxygens (including phenoxy) is 1. The molecule has 1 aromatic rings. The molecule has 60 valence electrons. The van der Waals surface area contributed by atoms with Gasteiger partial charge in [-0.15, -0.1) is 11.3 Å². The Kier molecular flexibility index (Phi) is 2.56. The maximum absolute atomic E-state index is 10.3. The van der Waals surface area contributed by atoms with Gasteiger partial charge >= 0.3 is 5.97 Å². The van der Waals surface area contributed by atoms with Gasteiger partial charge in [-0.25, -0.2) is 9.78 Å². The first-order valence-electron chi connectivity index (χ1n) is 2.90. The number of carbonyl (C=O) groups is 1.